The van der Waals surface area contributed by atoms with Gasteiger partial charge in [-0.1, -0.05) is 18.5 Å². The highest BCUT2D eigenvalue weighted by molar-refractivity contribution is 6.31. The van der Waals surface area contributed by atoms with Gasteiger partial charge in [-0.3, -0.25) is 9.78 Å². The van der Waals surface area contributed by atoms with Crippen molar-refractivity contribution in [2.24, 2.45) is 0 Å². The fourth-order valence-electron chi connectivity index (χ4n) is 3.80. The number of carbonyl (C=O) groups is 1. The summed E-state index contributed by atoms with van der Waals surface area (Å²) in [6, 6.07) is 13.3. The number of halogens is 1. The number of likely N-dealkylation sites (N-methyl/N-ethyl adjacent to an activating group) is 1. The van der Waals surface area contributed by atoms with Crippen LogP contribution in [0.4, 0.5) is 11.4 Å². The van der Waals surface area contributed by atoms with E-state index in [2.05, 4.69) is 39.2 Å². The summed E-state index contributed by atoms with van der Waals surface area (Å²) in [5.74, 6) is 0.222. The Kier molecular flexibility index (Phi) is 6.06. The predicted octanol–water partition coefficient (Wildman–Crippen LogP) is 4.29. The zero-order valence-electron chi connectivity index (χ0n) is 17.2. The molecular formula is C23H25ClN4O2. The molecule has 7 heteroatoms. The average molecular weight is 425 g/mol. The third kappa shape index (κ3) is 4.20. The molecule has 1 aliphatic rings. The van der Waals surface area contributed by atoms with Gasteiger partial charge in [0.2, 0.25) is 0 Å². The lowest BCUT2D eigenvalue weighted by atomic mass is 10.1. The van der Waals surface area contributed by atoms with Gasteiger partial charge in [0.15, 0.2) is 0 Å². The van der Waals surface area contributed by atoms with E-state index < -0.39 is 0 Å². The molecule has 6 nitrogen and oxygen atoms in total. The minimum atomic E-state index is -0.263. The molecule has 30 heavy (non-hydrogen) atoms. The number of ether oxygens (including phenoxy) is 1. The van der Waals surface area contributed by atoms with E-state index in [4.69, 9.17) is 16.3 Å². The molecule has 0 radical (unpaired) electrons. The van der Waals surface area contributed by atoms with Crippen LogP contribution in [0.1, 0.15) is 17.3 Å². The highest BCUT2D eigenvalue weighted by Gasteiger charge is 2.18. The number of hydrogen-bond donors (Lipinski definition) is 1. The first-order valence-corrected chi connectivity index (χ1v) is 10.5. The van der Waals surface area contributed by atoms with E-state index in [0.717, 1.165) is 43.8 Å². The van der Waals surface area contributed by atoms with Crippen molar-refractivity contribution in [2.75, 3.05) is 50.1 Å². The Bertz CT molecular complexity index is 1050. The normalized spacial score (nSPS) is 14.7. The van der Waals surface area contributed by atoms with Gasteiger partial charge in [-0.15, -0.1) is 0 Å². The van der Waals surface area contributed by atoms with Crippen molar-refractivity contribution in [3.05, 3.63) is 59.2 Å². The SMILES string of the molecule is CCN1CCN(c2ccc(NC(=O)c3cnc4cc(Cl)ccc4c3OC)cc2)CC1. The van der Waals surface area contributed by atoms with Crippen LogP contribution in [0.15, 0.2) is 48.7 Å². The molecule has 1 amide bonds. The second-order valence-electron chi connectivity index (χ2n) is 7.29. The molecule has 0 spiro atoms. The molecule has 4 rings (SSSR count). The molecule has 3 aromatic rings. The van der Waals surface area contributed by atoms with Gasteiger partial charge in [-0.25, -0.2) is 0 Å². The lowest BCUT2D eigenvalue weighted by molar-refractivity contribution is 0.102. The molecule has 1 saturated heterocycles. The largest absolute Gasteiger partial charge is 0.495 e. The van der Waals surface area contributed by atoms with Crippen molar-refractivity contribution < 1.29 is 9.53 Å². The molecule has 156 valence electrons. The minimum absolute atomic E-state index is 0.263. The van der Waals surface area contributed by atoms with Crippen molar-refractivity contribution >= 4 is 39.8 Å². The van der Waals surface area contributed by atoms with Gasteiger partial charge in [0.25, 0.3) is 5.91 Å². The van der Waals surface area contributed by atoms with Gasteiger partial charge in [0.05, 0.1) is 12.6 Å². The third-order valence-electron chi connectivity index (χ3n) is 5.54. The smallest absolute Gasteiger partial charge is 0.261 e. The molecule has 1 aliphatic heterocycles. The van der Waals surface area contributed by atoms with Gasteiger partial charge in [-0.05, 0) is 49.0 Å². The van der Waals surface area contributed by atoms with Crippen LogP contribution < -0.4 is 15.0 Å². The summed E-state index contributed by atoms with van der Waals surface area (Å²) in [5.41, 5.74) is 2.97. The number of rotatable bonds is 5. The monoisotopic (exact) mass is 424 g/mol. The maximum Gasteiger partial charge on any atom is 0.261 e. The number of fused-ring (bicyclic) bond motifs is 1. The Hall–Kier alpha value is -2.83. The first kappa shape index (κ1) is 20.4. The van der Waals surface area contributed by atoms with Gasteiger partial charge < -0.3 is 19.9 Å². The van der Waals surface area contributed by atoms with E-state index in [9.17, 15) is 4.79 Å². The molecule has 0 unspecified atom stereocenters. The van der Waals surface area contributed by atoms with E-state index in [1.165, 1.54) is 11.9 Å². The minimum Gasteiger partial charge on any atom is -0.495 e. The van der Waals surface area contributed by atoms with Gasteiger partial charge in [0.1, 0.15) is 11.3 Å². The Labute approximate surface area is 181 Å². The van der Waals surface area contributed by atoms with Crippen LogP contribution >= 0.6 is 11.6 Å². The lowest BCUT2D eigenvalue weighted by Gasteiger charge is -2.35. The quantitative estimate of drug-likeness (QED) is 0.662. The number of aromatic nitrogens is 1. The van der Waals surface area contributed by atoms with Crippen LogP contribution in [0.3, 0.4) is 0 Å². The van der Waals surface area contributed by atoms with Gasteiger partial charge in [0, 0.05) is 54.2 Å². The average Bonchev–Trinajstić information content (AvgIpc) is 2.78. The number of hydrogen-bond acceptors (Lipinski definition) is 5. The summed E-state index contributed by atoms with van der Waals surface area (Å²) in [5, 5.41) is 4.28. The van der Waals surface area contributed by atoms with Crippen LogP contribution in [-0.2, 0) is 0 Å². The number of benzene rings is 2. The maximum atomic E-state index is 12.9. The molecule has 0 aliphatic carbocycles. The number of nitrogens with zero attached hydrogens (tertiary/aromatic N) is 3. The van der Waals surface area contributed by atoms with Crippen molar-refractivity contribution in [1.29, 1.82) is 0 Å². The number of amides is 1. The fourth-order valence-corrected chi connectivity index (χ4v) is 3.97. The Morgan fingerprint density at radius 2 is 1.87 bits per heavy atom. The van der Waals surface area contributed by atoms with Crippen molar-refractivity contribution in [2.45, 2.75) is 6.92 Å². The second-order valence-corrected chi connectivity index (χ2v) is 7.73. The first-order valence-electron chi connectivity index (χ1n) is 10.1. The van der Waals surface area contributed by atoms with Crippen molar-refractivity contribution in [1.82, 2.24) is 9.88 Å². The van der Waals surface area contributed by atoms with Crippen LogP contribution in [0.25, 0.3) is 10.9 Å². The molecule has 0 saturated carbocycles. The predicted molar refractivity (Wildman–Crippen MR) is 122 cm³/mol. The number of methoxy groups -OCH3 is 1. The molecule has 1 N–H and O–H groups in total. The number of nitrogens with one attached hydrogen (secondary N) is 1. The van der Waals surface area contributed by atoms with Gasteiger partial charge in [-0.2, -0.15) is 0 Å². The van der Waals surface area contributed by atoms with E-state index in [1.54, 1.807) is 19.2 Å². The highest BCUT2D eigenvalue weighted by atomic mass is 35.5. The number of carbonyl (C=O) groups excluding carboxylic acids is 1. The van der Waals surface area contributed by atoms with Crippen LogP contribution in [0.5, 0.6) is 5.75 Å². The second kappa shape index (κ2) is 8.90. The molecule has 0 bridgehead atoms. The van der Waals surface area contributed by atoms with Crippen LogP contribution in [-0.4, -0.2) is 55.6 Å². The van der Waals surface area contributed by atoms with Crippen molar-refractivity contribution in [3.8, 4) is 5.75 Å². The molecule has 1 fully saturated rings. The van der Waals surface area contributed by atoms with Crippen molar-refractivity contribution in [3.63, 3.8) is 0 Å². The Morgan fingerprint density at radius 3 is 2.53 bits per heavy atom. The zero-order valence-corrected chi connectivity index (χ0v) is 17.9. The van der Waals surface area contributed by atoms with Crippen LogP contribution in [0.2, 0.25) is 5.02 Å². The number of pyridine rings is 1. The van der Waals surface area contributed by atoms with Gasteiger partial charge >= 0.3 is 0 Å². The summed E-state index contributed by atoms with van der Waals surface area (Å²) < 4.78 is 5.52. The topological polar surface area (TPSA) is 57.7 Å². The molecule has 1 aromatic heterocycles. The Balaban J connectivity index is 1.49. The summed E-state index contributed by atoms with van der Waals surface area (Å²) in [4.78, 5) is 22.1. The summed E-state index contributed by atoms with van der Waals surface area (Å²) in [6.45, 7) is 7.48. The van der Waals surface area contributed by atoms with Crippen LogP contribution in [0, 0.1) is 0 Å². The summed E-state index contributed by atoms with van der Waals surface area (Å²) >= 11 is 6.04. The summed E-state index contributed by atoms with van der Waals surface area (Å²) in [6.07, 6.45) is 1.52. The lowest BCUT2D eigenvalue weighted by Crippen LogP contribution is -2.46. The standard InChI is InChI=1S/C23H25ClN4O2/c1-3-27-10-12-28(13-11-27)18-7-5-17(6-8-18)26-23(29)20-15-25-21-14-16(24)4-9-19(21)22(20)30-2/h4-9,14-15H,3,10-13H2,1-2H3,(H,26,29). The molecule has 0 atom stereocenters. The van der Waals surface area contributed by atoms with E-state index in [-0.39, 0.29) is 5.91 Å². The molecule has 2 heterocycles. The molecule has 2 aromatic carbocycles. The zero-order chi connectivity index (χ0) is 21.1. The van der Waals surface area contributed by atoms with E-state index >= 15 is 0 Å². The van der Waals surface area contributed by atoms with E-state index in [1.807, 2.05) is 18.2 Å². The highest BCUT2D eigenvalue weighted by Crippen LogP contribution is 2.30. The molecular weight excluding hydrogens is 400 g/mol. The number of anilines is 2. The summed E-state index contributed by atoms with van der Waals surface area (Å²) in [7, 11) is 1.55. The maximum absolute atomic E-state index is 12.9. The Morgan fingerprint density at radius 1 is 1.13 bits per heavy atom. The van der Waals surface area contributed by atoms with E-state index in [0.29, 0.717) is 21.9 Å². The number of piperazine rings is 1. The fraction of sp³-hybridized carbons (Fsp3) is 0.304. The first-order chi connectivity index (χ1) is 14.6. The third-order valence-corrected chi connectivity index (χ3v) is 5.78.